The smallest absolute Gasteiger partial charge is 0.252 e. The van der Waals surface area contributed by atoms with E-state index in [0.29, 0.717) is 63.7 Å². The summed E-state index contributed by atoms with van der Waals surface area (Å²) in [6, 6.07) is 90.4. The zero-order chi connectivity index (χ0) is 91.8. The van der Waals surface area contributed by atoms with Gasteiger partial charge in [0.2, 0.25) is 17.7 Å². The normalized spacial score (nSPS) is 11.2. The highest BCUT2D eigenvalue weighted by molar-refractivity contribution is 7.11. The first-order valence-corrected chi connectivity index (χ1v) is 48.2. The summed E-state index contributed by atoms with van der Waals surface area (Å²) in [4.78, 5) is 101. The Bertz CT molecular complexity index is 5970. The van der Waals surface area contributed by atoms with Crippen molar-refractivity contribution >= 4 is 157 Å². The molecule has 9 heterocycles. The first kappa shape index (κ1) is 97.5. The Balaban J connectivity index is 0.000000152. The molecule has 1 aliphatic rings. The number of likely N-dealkylation sites (N-methyl/N-ethyl adjacent to an activating group) is 3. The van der Waals surface area contributed by atoms with E-state index in [1.807, 2.05) is 319 Å². The second-order valence-electron chi connectivity index (χ2n) is 29.4. The average molecular weight is 1840 g/mol. The molecule has 16 nitrogen and oxygen atoms in total. The number of para-hydroxylation sites is 1. The molecule has 0 radical (unpaired) electrons. The van der Waals surface area contributed by atoms with Crippen molar-refractivity contribution in [1.82, 2.24) is 24.7 Å². The van der Waals surface area contributed by atoms with Gasteiger partial charge >= 0.3 is 0 Å². The molecule has 0 saturated heterocycles. The van der Waals surface area contributed by atoms with Gasteiger partial charge in [0.1, 0.15) is 11.6 Å². The van der Waals surface area contributed by atoms with Crippen LogP contribution in [0.2, 0.25) is 0 Å². The Hall–Kier alpha value is -14.2. The van der Waals surface area contributed by atoms with Gasteiger partial charge in [-0.2, -0.15) is 5.26 Å². The first-order valence-electron chi connectivity index (χ1n) is 42.9. The highest BCUT2D eigenvalue weighted by Crippen LogP contribution is 2.27. The van der Waals surface area contributed by atoms with Gasteiger partial charge in [-0.1, -0.05) is 181 Å². The number of hydrogen-bond donors (Lipinski definition) is 0. The zero-order valence-corrected chi connectivity index (χ0v) is 78.4. The number of nitrogens with zero attached hydrogens (tertiary/aromatic N) is 9. The lowest BCUT2D eigenvalue weighted by Crippen LogP contribution is -2.29. The summed E-state index contributed by atoms with van der Waals surface area (Å²) in [5.41, 5.74) is 11.5. The number of furan rings is 1. The van der Waals surface area contributed by atoms with Crippen molar-refractivity contribution in [2.24, 2.45) is 0 Å². The van der Waals surface area contributed by atoms with Crippen molar-refractivity contribution in [3.8, 4) is 6.07 Å². The fourth-order valence-electron chi connectivity index (χ4n) is 13.1. The molecule has 0 fully saturated rings. The molecule has 1 aliphatic carbocycles. The maximum absolute atomic E-state index is 12.8. The van der Waals surface area contributed by atoms with Gasteiger partial charge in [-0.15, -0.1) is 68.0 Å². The van der Waals surface area contributed by atoms with E-state index in [1.54, 1.807) is 172 Å². The van der Waals surface area contributed by atoms with Gasteiger partial charge in [0.25, 0.3) is 17.7 Å². The molecule has 131 heavy (non-hydrogen) atoms. The SMILES string of the molecule is CCN(Cc1ccco1)C(=O)/C=C/c1ccc2c(c1)CCC2.CCN(Cc1cccs1)C(=O)/C=C/c1ccc(C#N)cc1.CCN(Cc1cccs1)C(=O)/C=C/c1cccs1.Cc1ccc(/C=C/C(=O)N(Cc2cccs2)c2ccccc2)cc1.O=C(/C=C/c1ccccc1)N(Cc1cccs1)c1ccccn1.O=C(/C=C/c1ccccc1)N(Cc1cccs1)c1cccnc1. The van der Waals surface area contributed by atoms with E-state index in [4.69, 9.17) is 9.68 Å². The molecule has 662 valence electrons. The topological polar surface area (TPSA) is 185 Å². The summed E-state index contributed by atoms with van der Waals surface area (Å²) in [7, 11) is 0. The maximum atomic E-state index is 12.8. The van der Waals surface area contributed by atoms with Crippen molar-refractivity contribution in [1.29, 1.82) is 5.26 Å². The van der Waals surface area contributed by atoms with Gasteiger partial charge in [-0.3, -0.25) is 38.7 Å². The van der Waals surface area contributed by atoms with Crippen molar-refractivity contribution in [3.05, 3.63) is 452 Å². The summed E-state index contributed by atoms with van der Waals surface area (Å²) in [6.07, 6.45) is 31.2. The summed E-state index contributed by atoms with van der Waals surface area (Å²) < 4.78 is 5.31. The predicted molar refractivity (Wildman–Crippen MR) is 544 cm³/mol. The van der Waals surface area contributed by atoms with Crippen LogP contribution < -0.4 is 14.7 Å². The number of rotatable bonds is 30. The molecule has 15 aromatic rings. The van der Waals surface area contributed by atoms with E-state index in [0.717, 1.165) is 77.4 Å². The largest absolute Gasteiger partial charge is 0.467 e. The van der Waals surface area contributed by atoms with Crippen LogP contribution in [0.25, 0.3) is 36.5 Å². The molecule has 0 N–H and O–H groups in total. The lowest BCUT2D eigenvalue weighted by Gasteiger charge is -2.20. The summed E-state index contributed by atoms with van der Waals surface area (Å²) in [6.45, 7) is 13.6. The first-order chi connectivity index (χ1) is 64.1. The molecule has 0 saturated carbocycles. The number of thiophene rings is 6. The number of fused-ring (bicyclic) bond motifs is 1. The van der Waals surface area contributed by atoms with E-state index in [2.05, 4.69) is 53.3 Å². The maximum Gasteiger partial charge on any atom is 0.252 e. The lowest BCUT2D eigenvalue weighted by molar-refractivity contribution is -0.127. The van der Waals surface area contributed by atoms with Crippen molar-refractivity contribution in [2.45, 2.75) is 86.2 Å². The highest BCUT2D eigenvalue weighted by atomic mass is 32.1. The number of anilines is 3. The third-order valence-corrected chi connectivity index (χ3v) is 25.3. The Labute approximate surface area is 792 Å². The molecule has 6 aromatic carbocycles. The zero-order valence-electron chi connectivity index (χ0n) is 73.5. The minimum absolute atomic E-state index is 0.00439. The van der Waals surface area contributed by atoms with Crippen LogP contribution in [0.15, 0.2) is 371 Å². The van der Waals surface area contributed by atoms with Crippen LogP contribution in [0, 0.1) is 18.3 Å². The number of carbonyl (C=O) groups excluding carboxylic acids is 6. The standard InChI is InChI=1S/C21H19NOS.2C19H16N2OS.C19H21NO2.C17H16N2OS.C14H15NOS2/c1-17-9-11-18(12-10-17)13-14-21(23)22(16-20-8-5-15-24-20)19-6-3-2-4-7-19;22-19(11-10-16-6-2-1-3-7-16)21(15-18-9-5-13-23-18)17-8-4-12-20-14-17;22-19(12-11-16-7-2-1-3-8-16)21(15-17-9-6-14-23-17)18-10-4-5-13-20-18;1-2-20(14-18-7-4-12-22-18)19(21)11-9-15-8-10-16-5-3-6-17(16)13-15;1-2-19(13-16-4-3-11-21-16)17(20)10-9-14-5-7-15(12-18)8-6-14;1-2-15(11-13-6-4-10-18-13)14(16)8-7-12-5-3-9-17-12/h2-15H,16H2,1H3;2*1-14H,15H2;4,7-13H,2-3,5-6,14H2,1H3;3-11H,2,13H2,1H3;3-10H,2,11H2,1H3/b14-13+;11-10+;12-11+;11-9+;10-9+;8-7+. The van der Waals surface area contributed by atoms with E-state index in [9.17, 15) is 28.8 Å². The number of aromatic nitrogens is 2. The number of amides is 6. The number of nitriles is 1. The third-order valence-electron chi connectivity index (χ3n) is 20.2. The van der Waals surface area contributed by atoms with Gasteiger partial charge in [0.05, 0.1) is 69.0 Å². The number of benzene rings is 6. The number of hydrogen-bond acceptors (Lipinski definition) is 16. The highest BCUT2D eigenvalue weighted by Gasteiger charge is 2.20. The molecule has 0 unspecified atom stereocenters. The molecule has 9 aromatic heterocycles. The fraction of sp³-hybridized carbons (Fsp3) is 0.147. The predicted octanol–water partition coefficient (Wildman–Crippen LogP) is 25.5. The Kier molecular flexibility index (Phi) is 40.4. The fourth-order valence-corrected chi connectivity index (χ4v) is 17.3. The number of pyridine rings is 2. The molecule has 16 rings (SSSR count). The van der Waals surface area contributed by atoms with Crippen LogP contribution >= 0.6 is 68.0 Å². The van der Waals surface area contributed by atoms with Crippen molar-refractivity contribution in [2.75, 3.05) is 34.3 Å². The molecule has 22 heteroatoms. The van der Waals surface area contributed by atoms with Crippen LogP contribution in [0.5, 0.6) is 0 Å². The van der Waals surface area contributed by atoms with Gasteiger partial charge in [0, 0.05) is 103 Å². The molecule has 0 spiro atoms. The molecule has 0 bridgehead atoms. The Morgan fingerprint density at radius 1 is 0.366 bits per heavy atom. The second kappa shape index (κ2) is 54.2. The van der Waals surface area contributed by atoms with Crippen LogP contribution in [-0.2, 0) is 80.9 Å². The molecule has 0 atom stereocenters. The summed E-state index contributed by atoms with van der Waals surface area (Å²) >= 11 is 9.90. The van der Waals surface area contributed by atoms with E-state index >= 15 is 0 Å². The lowest BCUT2D eigenvalue weighted by atomic mass is 10.1. The summed E-state index contributed by atoms with van der Waals surface area (Å²) in [5.74, 6) is 1.38. The van der Waals surface area contributed by atoms with E-state index < -0.39 is 0 Å². The second-order valence-corrected chi connectivity index (χ2v) is 35.5. The quantitative estimate of drug-likeness (QED) is 0.0392. The number of carbonyl (C=O) groups is 6. The Morgan fingerprint density at radius 2 is 0.779 bits per heavy atom. The molecular formula is C109H103N9O7S6. The van der Waals surface area contributed by atoms with Crippen LogP contribution in [0.3, 0.4) is 0 Å². The van der Waals surface area contributed by atoms with Gasteiger partial charge < -0.3 is 28.9 Å². The minimum atomic E-state index is -0.0825. The van der Waals surface area contributed by atoms with E-state index in [1.165, 1.54) is 39.3 Å². The van der Waals surface area contributed by atoms with Crippen molar-refractivity contribution < 1.29 is 33.2 Å². The average Bonchev–Trinajstić information content (AvgIpc) is 1.80. The molecule has 0 aliphatic heterocycles. The van der Waals surface area contributed by atoms with Crippen molar-refractivity contribution in [3.63, 3.8) is 0 Å². The van der Waals surface area contributed by atoms with Crippen LogP contribution in [0.1, 0.15) is 112 Å². The summed E-state index contributed by atoms with van der Waals surface area (Å²) in [5, 5.41) is 20.9. The van der Waals surface area contributed by atoms with Gasteiger partial charge in [0.15, 0.2) is 0 Å². The van der Waals surface area contributed by atoms with Gasteiger partial charge in [-0.05, 0) is 252 Å². The van der Waals surface area contributed by atoms with Crippen LogP contribution in [0.4, 0.5) is 17.2 Å². The minimum Gasteiger partial charge on any atom is -0.467 e. The van der Waals surface area contributed by atoms with E-state index in [-0.39, 0.29) is 35.4 Å². The van der Waals surface area contributed by atoms with Crippen LogP contribution in [-0.4, -0.2) is 79.7 Å². The molecule has 6 amide bonds. The number of aryl methyl sites for hydroxylation is 3. The monoisotopic (exact) mass is 1840 g/mol. The van der Waals surface area contributed by atoms with Gasteiger partial charge in [-0.25, -0.2) is 4.98 Å². The molecular weight excluding hydrogens is 1740 g/mol. The Morgan fingerprint density at radius 3 is 1.23 bits per heavy atom. The third kappa shape index (κ3) is 33.5.